The van der Waals surface area contributed by atoms with Gasteiger partial charge in [-0.1, -0.05) is 12.1 Å². The lowest BCUT2D eigenvalue weighted by molar-refractivity contribution is -0.127. The van der Waals surface area contributed by atoms with Crippen LogP contribution in [0.1, 0.15) is 15.9 Å². The fourth-order valence-electron chi connectivity index (χ4n) is 2.43. The summed E-state index contributed by atoms with van der Waals surface area (Å²) >= 11 is 0.619. The van der Waals surface area contributed by atoms with Crippen molar-refractivity contribution in [3.63, 3.8) is 0 Å². The molecule has 0 aromatic heterocycles. The lowest BCUT2D eigenvalue weighted by atomic mass is 10.1. The van der Waals surface area contributed by atoms with Gasteiger partial charge in [-0.25, -0.2) is 13.6 Å². The van der Waals surface area contributed by atoms with E-state index >= 15 is 0 Å². The summed E-state index contributed by atoms with van der Waals surface area (Å²) in [6, 6.07) is 8.22. The number of anilines is 1. The van der Waals surface area contributed by atoms with Crippen LogP contribution in [0.15, 0.2) is 47.4 Å². The van der Waals surface area contributed by atoms with Gasteiger partial charge in [0.1, 0.15) is 18.2 Å². The fourth-order valence-corrected chi connectivity index (χ4v) is 3.27. The van der Waals surface area contributed by atoms with Crippen LogP contribution in [-0.2, 0) is 9.59 Å². The van der Waals surface area contributed by atoms with E-state index in [1.165, 1.54) is 30.3 Å². The molecular weight excluding hydrogens is 406 g/mol. The second kappa shape index (κ2) is 8.23. The van der Waals surface area contributed by atoms with Crippen molar-refractivity contribution < 1.29 is 33.1 Å². The van der Waals surface area contributed by atoms with Gasteiger partial charge in [0.25, 0.3) is 11.1 Å². The molecule has 1 heterocycles. The molecule has 0 atom stereocenters. The van der Waals surface area contributed by atoms with Gasteiger partial charge in [0.05, 0.1) is 16.2 Å². The zero-order chi connectivity index (χ0) is 21.1. The minimum atomic E-state index is -1.10. The maximum absolute atomic E-state index is 13.6. The van der Waals surface area contributed by atoms with Gasteiger partial charge in [-0.05, 0) is 47.7 Å². The summed E-state index contributed by atoms with van der Waals surface area (Å²) in [5, 5.41) is 10.4. The minimum Gasteiger partial charge on any atom is -0.478 e. The highest BCUT2D eigenvalue weighted by atomic mass is 32.2. The smallest absolute Gasteiger partial charge is 0.335 e. The summed E-state index contributed by atoms with van der Waals surface area (Å²) in [6.07, 6.45) is 1.40. The second-order valence-electron chi connectivity index (χ2n) is 5.87. The number of nitrogens with one attached hydrogen (secondary N) is 1. The maximum atomic E-state index is 13.6. The molecule has 0 bridgehead atoms. The van der Waals surface area contributed by atoms with Gasteiger partial charge in [0.2, 0.25) is 5.91 Å². The molecule has 0 spiro atoms. The maximum Gasteiger partial charge on any atom is 0.335 e. The monoisotopic (exact) mass is 418 g/mol. The number of amides is 3. The van der Waals surface area contributed by atoms with Gasteiger partial charge in [0, 0.05) is 6.07 Å². The van der Waals surface area contributed by atoms with Crippen molar-refractivity contribution in [1.29, 1.82) is 0 Å². The van der Waals surface area contributed by atoms with E-state index < -0.39 is 41.2 Å². The van der Waals surface area contributed by atoms with Crippen molar-refractivity contribution in [3.8, 4) is 0 Å². The van der Waals surface area contributed by atoms with Crippen LogP contribution >= 0.6 is 11.8 Å². The normalized spacial score (nSPS) is 15.1. The molecule has 7 nitrogen and oxygen atoms in total. The van der Waals surface area contributed by atoms with Crippen LogP contribution in [0.3, 0.4) is 0 Å². The van der Waals surface area contributed by atoms with Gasteiger partial charge in [0.15, 0.2) is 0 Å². The first-order valence-corrected chi connectivity index (χ1v) is 8.90. The van der Waals surface area contributed by atoms with Gasteiger partial charge in [-0.15, -0.1) is 0 Å². The van der Waals surface area contributed by atoms with Gasteiger partial charge in [-0.2, -0.15) is 0 Å². The number of carbonyl (C=O) groups excluding carboxylic acids is 3. The third kappa shape index (κ3) is 4.66. The van der Waals surface area contributed by atoms with Gasteiger partial charge < -0.3 is 10.4 Å². The van der Waals surface area contributed by atoms with Crippen molar-refractivity contribution in [2.75, 3.05) is 11.9 Å². The summed E-state index contributed by atoms with van der Waals surface area (Å²) in [4.78, 5) is 48.2. The Bertz CT molecular complexity index is 1050. The number of nitrogens with zero attached hydrogens (tertiary/aromatic N) is 1. The molecule has 1 aliphatic heterocycles. The van der Waals surface area contributed by atoms with Crippen LogP contribution in [0, 0.1) is 11.6 Å². The number of carboxylic acids is 1. The van der Waals surface area contributed by atoms with E-state index in [1.807, 2.05) is 0 Å². The summed E-state index contributed by atoms with van der Waals surface area (Å²) < 4.78 is 26.5. The van der Waals surface area contributed by atoms with Crippen LogP contribution in [0.4, 0.5) is 19.3 Å². The lowest BCUT2D eigenvalue weighted by Gasteiger charge is -2.12. The first-order chi connectivity index (χ1) is 13.7. The number of carbonyl (C=O) groups is 4. The third-order valence-corrected chi connectivity index (χ3v) is 4.74. The van der Waals surface area contributed by atoms with Crippen molar-refractivity contribution >= 4 is 46.5 Å². The van der Waals surface area contributed by atoms with Crippen LogP contribution in [0.2, 0.25) is 0 Å². The van der Waals surface area contributed by atoms with Crippen molar-refractivity contribution in [2.45, 2.75) is 0 Å². The molecule has 148 valence electrons. The Morgan fingerprint density at radius 1 is 1.10 bits per heavy atom. The Labute approximate surface area is 167 Å². The van der Waals surface area contributed by atoms with E-state index in [0.717, 1.165) is 12.1 Å². The number of hydrogen-bond acceptors (Lipinski definition) is 5. The van der Waals surface area contributed by atoms with Crippen LogP contribution < -0.4 is 5.32 Å². The number of thioether (sulfide) groups is 1. The Morgan fingerprint density at radius 3 is 2.41 bits per heavy atom. The van der Waals surface area contributed by atoms with E-state index in [0.29, 0.717) is 28.3 Å². The predicted octanol–water partition coefficient (Wildman–Crippen LogP) is 3.34. The van der Waals surface area contributed by atoms with Crippen molar-refractivity contribution in [3.05, 3.63) is 70.1 Å². The molecule has 2 N–H and O–H groups in total. The Kier molecular flexibility index (Phi) is 5.74. The van der Waals surface area contributed by atoms with Crippen LogP contribution in [0.25, 0.3) is 6.08 Å². The molecule has 0 saturated carbocycles. The topological polar surface area (TPSA) is 104 Å². The molecule has 1 fully saturated rings. The summed E-state index contributed by atoms with van der Waals surface area (Å²) in [6.45, 7) is -0.642. The van der Waals surface area contributed by atoms with Crippen LogP contribution in [-0.4, -0.2) is 39.6 Å². The molecule has 2 aromatic rings. The van der Waals surface area contributed by atoms with Crippen LogP contribution in [0.5, 0.6) is 0 Å². The number of aromatic carboxylic acids is 1. The Morgan fingerprint density at radius 2 is 1.79 bits per heavy atom. The molecule has 3 amide bonds. The van der Waals surface area contributed by atoms with E-state index in [2.05, 4.69) is 5.32 Å². The molecule has 0 aliphatic carbocycles. The SMILES string of the molecule is O=C(CN1C(=O)S/C(=C\c2ccc(C(=O)O)cc2)C1=O)Nc1ccc(F)cc1F. The molecule has 1 aliphatic rings. The molecule has 2 aromatic carbocycles. The lowest BCUT2D eigenvalue weighted by Crippen LogP contribution is -2.36. The number of benzene rings is 2. The van der Waals surface area contributed by atoms with Crippen molar-refractivity contribution in [1.82, 2.24) is 4.90 Å². The highest BCUT2D eigenvalue weighted by molar-refractivity contribution is 8.18. The van der Waals surface area contributed by atoms with Gasteiger partial charge in [-0.3, -0.25) is 19.3 Å². The quantitative estimate of drug-likeness (QED) is 0.722. The summed E-state index contributed by atoms with van der Waals surface area (Å²) in [5.74, 6) is -4.44. The molecule has 0 unspecified atom stereocenters. The zero-order valence-electron chi connectivity index (χ0n) is 14.5. The summed E-state index contributed by atoms with van der Waals surface area (Å²) in [5.41, 5.74) is 0.288. The van der Waals surface area contributed by atoms with Crippen molar-refractivity contribution in [2.24, 2.45) is 0 Å². The number of halogens is 2. The standard InChI is InChI=1S/C19H12F2N2O5S/c20-12-5-6-14(13(21)8-12)22-16(24)9-23-17(25)15(29-19(23)28)7-10-1-3-11(4-2-10)18(26)27/h1-8H,9H2,(H,22,24)(H,26,27)/b15-7-. The fraction of sp³-hybridized carbons (Fsp3) is 0.0526. The number of imide groups is 1. The first-order valence-electron chi connectivity index (χ1n) is 8.08. The van der Waals surface area contributed by atoms with E-state index in [9.17, 15) is 28.0 Å². The predicted molar refractivity (Wildman–Crippen MR) is 101 cm³/mol. The van der Waals surface area contributed by atoms with E-state index in [1.54, 1.807) is 0 Å². The average molecular weight is 418 g/mol. The van der Waals surface area contributed by atoms with Gasteiger partial charge >= 0.3 is 5.97 Å². The average Bonchev–Trinajstić information content (AvgIpc) is 2.92. The van der Waals surface area contributed by atoms with E-state index in [-0.39, 0.29) is 16.2 Å². The second-order valence-corrected chi connectivity index (χ2v) is 6.86. The minimum absolute atomic E-state index is 0.0545. The molecule has 1 saturated heterocycles. The van der Waals surface area contributed by atoms with E-state index in [4.69, 9.17) is 5.11 Å². The number of carboxylic acid groups (broad SMARTS) is 1. The molecule has 10 heteroatoms. The highest BCUT2D eigenvalue weighted by Gasteiger charge is 2.36. The molecular formula is C19H12F2N2O5S. The Hall–Kier alpha value is -3.53. The molecule has 29 heavy (non-hydrogen) atoms. The Balaban J connectivity index is 1.69. The largest absolute Gasteiger partial charge is 0.478 e. The molecule has 0 radical (unpaired) electrons. The molecule has 3 rings (SSSR count). The highest BCUT2D eigenvalue weighted by Crippen LogP contribution is 2.32. The summed E-state index contributed by atoms with van der Waals surface area (Å²) in [7, 11) is 0. The third-order valence-electron chi connectivity index (χ3n) is 3.84. The first kappa shape index (κ1) is 20.2. The zero-order valence-corrected chi connectivity index (χ0v) is 15.3. The number of rotatable bonds is 5. The number of hydrogen-bond donors (Lipinski definition) is 2.